The molecule has 0 bridgehead atoms. The van der Waals surface area contributed by atoms with Crippen molar-refractivity contribution in [2.24, 2.45) is 0 Å². The van der Waals surface area contributed by atoms with Crippen molar-refractivity contribution in [3.05, 3.63) is 0 Å². The van der Waals surface area contributed by atoms with Crippen LogP contribution in [-0.4, -0.2) is 47.7 Å². The van der Waals surface area contributed by atoms with Crippen LogP contribution in [0.1, 0.15) is 33.1 Å². The Morgan fingerprint density at radius 1 is 1.53 bits per heavy atom. The van der Waals surface area contributed by atoms with E-state index in [4.69, 9.17) is 0 Å². The second-order valence-electron chi connectivity index (χ2n) is 5.01. The molecule has 1 amide bonds. The summed E-state index contributed by atoms with van der Waals surface area (Å²) in [6, 6.07) is -0.0499. The molecule has 0 spiro atoms. The van der Waals surface area contributed by atoms with Crippen molar-refractivity contribution in [1.29, 1.82) is 0 Å². The summed E-state index contributed by atoms with van der Waals surface area (Å²) >= 11 is 0. The molecule has 0 aromatic heterocycles. The van der Waals surface area contributed by atoms with E-state index in [9.17, 15) is 9.90 Å². The largest absolute Gasteiger partial charge is 0.389 e. The van der Waals surface area contributed by atoms with E-state index in [1.54, 1.807) is 25.8 Å². The molecule has 1 saturated heterocycles. The van der Waals surface area contributed by atoms with E-state index >= 15 is 0 Å². The lowest BCUT2D eigenvalue weighted by atomic mass is 10.0. The number of likely N-dealkylation sites (N-methyl/N-ethyl adjacent to an activating group) is 1. The quantitative estimate of drug-likeness (QED) is 0.713. The fraction of sp³-hybridized carbons (Fsp3) is 0.909. The highest BCUT2D eigenvalue weighted by Gasteiger charge is 2.26. The van der Waals surface area contributed by atoms with Gasteiger partial charge in [0.25, 0.3) is 0 Å². The third-order valence-electron chi connectivity index (χ3n) is 2.61. The fourth-order valence-corrected chi connectivity index (χ4v) is 1.99. The van der Waals surface area contributed by atoms with Crippen molar-refractivity contribution in [2.45, 2.75) is 44.8 Å². The summed E-state index contributed by atoms with van der Waals surface area (Å²) in [5, 5.41) is 12.8. The molecule has 1 rings (SSSR count). The van der Waals surface area contributed by atoms with E-state index in [1.165, 1.54) is 0 Å². The standard InChI is InChI=1S/C11H22N2O2/c1-11(2,15)8-13(3)10(14)9-6-4-5-7-12-9/h9,12,15H,4-8H2,1-3H3/t9-/m0/s1. The Kier molecular flexibility index (Phi) is 4.11. The van der Waals surface area contributed by atoms with E-state index in [0.29, 0.717) is 6.54 Å². The molecule has 1 aliphatic rings. The zero-order chi connectivity index (χ0) is 11.5. The highest BCUT2D eigenvalue weighted by molar-refractivity contribution is 5.81. The molecule has 15 heavy (non-hydrogen) atoms. The number of hydrogen-bond acceptors (Lipinski definition) is 3. The van der Waals surface area contributed by atoms with Gasteiger partial charge in [-0.1, -0.05) is 6.42 Å². The first kappa shape index (κ1) is 12.5. The second kappa shape index (κ2) is 4.94. The van der Waals surface area contributed by atoms with E-state index in [2.05, 4.69) is 5.32 Å². The average molecular weight is 214 g/mol. The van der Waals surface area contributed by atoms with E-state index in [-0.39, 0.29) is 11.9 Å². The molecule has 0 aliphatic carbocycles. The molecule has 4 heteroatoms. The number of hydrogen-bond donors (Lipinski definition) is 2. The third-order valence-corrected chi connectivity index (χ3v) is 2.61. The first-order valence-corrected chi connectivity index (χ1v) is 5.61. The van der Waals surface area contributed by atoms with Crippen molar-refractivity contribution in [1.82, 2.24) is 10.2 Å². The first-order valence-electron chi connectivity index (χ1n) is 5.61. The number of carbonyl (C=O) groups is 1. The SMILES string of the molecule is CN(CC(C)(C)O)C(=O)[C@@H]1CCCCN1. The van der Waals surface area contributed by atoms with Gasteiger partial charge in [-0.25, -0.2) is 0 Å². The van der Waals surface area contributed by atoms with Gasteiger partial charge in [0.15, 0.2) is 0 Å². The van der Waals surface area contributed by atoms with Crippen LogP contribution in [-0.2, 0) is 4.79 Å². The molecular formula is C11H22N2O2. The van der Waals surface area contributed by atoms with Crippen LogP contribution < -0.4 is 5.32 Å². The molecule has 2 N–H and O–H groups in total. The molecule has 0 radical (unpaired) electrons. The lowest BCUT2D eigenvalue weighted by Gasteiger charge is -2.30. The zero-order valence-corrected chi connectivity index (χ0v) is 9.92. The monoisotopic (exact) mass is 214 g/mol. The highest BCUT2D eigenvalue weighted by atomic mass is 16.3. The summed E-state index contributed by atoms with van der Waals surface area (Å²) in [7, 11) is 1.75. The van der Waals surface area contributed by atoms with Crippen molar-refractivity contribution in [3.63, 3.8) is 0 Å². The van der Waals surface area contributed by atoms with Crippen LogP contribution in [0.4, 0.5) is 0 Å². The van der Waals surface area contributed by atoms with Gasteiger partial charge in [-0.3, -0.25) is 4.79 Å². The Balaban J connectivity index is 2.44. The van der Waals surface area contributed by atoms with E-state index in [0.717, 1.165) is 25.8 Å². The van der Waals surface area contributed by atoms with Gasteiger partial charge in [-0.2, -0.15) is 0 Å². The highest BCUT2D eigenvalue weighted by Crippen LogP contribution is 2.11. The fourth-order valence-electron chi connectivity index (χ4n) is 1.99. The minimum Gasteiger partial charge on any atom is -0.389 e. The minimum atomic E-state index is -0.820. The van der Waals surface area contributed by atoms with Gasteiger partial charge in [-0.15, -0.1) is 0 Å². The Morgan fingerprint density at radius 2 is 2.20 bits per heavy atom. The van der Waals surface area contributed by atoms with Gasteiger partial charge in [0.2, 0.25) is 5.91 Å². The van der Waals surface area contributed by atoms with Gasteiger partial charge in [0, 0.05) is 13.6 Å². The minimum absolute atomic E-state index is 0.0499. The average Bonchev–Trinajstić information content (AvgIpc) is 2.15. The number of aliphatic hydroxyl groups is 1. The van der Waals surface area contributed by atoms with Crippen LogP contribution in [0.25, 0.3) is 0 Å². The molecule has 1 aliphatic heterocycles. The molecule has 88 valence electrons. The Bertz CT molecular complexity index is 217. The molecule has 4 nitrogen and oxygen atoms in total. The van der Waals surface area contributed by atoms with Crippen LogP contribution in [0.5, 0.6) is 0 Å². The van der Waals surface area contributed by atoms with Gasteiger partial charge in [0.05, 0.1) is 11.6 Å². The topological polar surface area (TPSA) is 52.6 Å². The van der Waals surface area contributed by atoms with Crippen LogP contribution in [0.3, 0.4) is 0 Å². The van der Waals surface area contributed by atoms with Crippen LogP contribution >= 0.6 is 0 Å². The zero-order valence-electron chi connectivity index (χ0n) is 9.92. The summed E-state index contributed by atoms with van der Waals surface area (Å²) in [6.45, 7) is 4.73. The molecule has 1 heterocycles. The Morgan fingerprint density at radius 3 is 2.67 bits per heavy atom. The smallest absolute Gasteiger partial charge is 0.239 e. The van der Waals surface area contributed by atoms with Crippen LogP contribution in [0, 0.1) is 0 Å². The molecular weight excluding hydrogens is 192 g/mol. The van der Waals surface area contributed by atoms with Gasteiger partial charge >= 0.3 is 0 Å². The molecule has 0 aromatic rings. The summed E-state index contributed by atoms with van der Waals surface area (Å²) in [5.41, 5.74) is -0.820. The third kappa shape index (κ3) is 4.18. The number of nitrogens with one attached hydrogen (secondary N) is 1. The maximum Gasteiger partial charge on any atom is 0.239 e. The second-order valence-corrected chi connectivity index (χ2v) is 5.01. The van der Waals surface area contributed by atoms with Gasteiger partial charge in [-0.05, 0) is 33.2 Å². The summed E-state index contributed by atoms with van der Waals surface area (Å²) in [5.74, 6) is 0.0943. The predicted molar refractivity (Wildman–Crippen MR) is 59.6 cm³/mol. The molecule has 1 atom stereocenters. The van der Waals surface area contributed by atoms with E-state index in [1.807, 2.05) is 0 Å². The maximum absolute atomic E-state index is 11.9. The number of nitrogens with zero attached hydrogens (tertiary/aromatic N) is 1. The van der Waals surface area contributed by atoms with Crippen LogP contribution in [0.15, 0.2) is 0 Å². The maximum atomic E-state index is 11.9. The number of carbonyl (C=O) groups excluding carboxylic acids is 1. The number of piperidine rings is 1. The summed E-state index contributed by atoms with van der Waals surface area (Å²) < 4.78 is 0. The molecule has 1 fully saturated rings. The van der Waals surface area contributed by atoms with Crippen molar-refractivity contribution in [3.8, 4) is 0 Å². The lowest BCUT2D eigenvalue weighted by molar-refractivity contribution is -0.135. The first-order chi connectivity index (χ1) is 6.90. The summed E-state index contributed by atoms with van der Waals surface area (Å²) in [4.78, 5) is 13.5. The molecule has 0 unspecified atom stereocenters. The van der Waals surface area contributed by atoms with Gasteiger partial charge in [0.1, 0.15) is 0 Å². The number of amides is 1. The van der Waals surface area contributed by atoms with E-state index < -0.39 is 5.60 Å². The number of rotatable bonds is 3. The van der Waals surface area contributed by atoms with Crippen molar-refractivity contribution < 1.29 is 9.90 Å². The van der Waals surface area contributed by atoms with Gasteiger partial charge < -0.3 is 15.3 Å². The molecule has 0 saturated carbocycles. The van der Waals surface area contributed by atoms with Crippen molar-refractivity contribution >= 4 is 5.91 Å². The normalized spacial score (nSPS) is 22.5. The van der Waals surface area contributed by atoms with Crippen LogP contribution in [0.2, 0.25) is 0 Å². The molecule has 0 aromatic carbocycles. The predicted octanol–water partition coefficient (Wildman–Crippen LogP) is 0.358. The summed E-state index contributed by atoms with van der Waals surface area (Å²) in [6.07, 6.45) is 3.17. The Labute approximate surface area is 91.6 Å². The Hall–Kier alpha value is -0.610. The lowest BCUT2D eigenvalue weighted by Crippen LogP contribution is -2.50. The van der Waals surface area contributed by atoms with Crippen molar-refractivity contribution in [2.75, 3.05) is 20.1 Å².